The number of hydrogen-bond donors (Lipinski definition) is 0. The van der Waals surface area contributed by atoms with E-state index in [0.29, 0.717) is 12.1 Å². The minimum absolute atomic E-state index is 0.0112. The van der Waals surface area contributed by atoms with Gasteiger partial charge in [-0.15, -0.1) is 0 Å². The number of carbonyl (C=O) groups excluding carboxylic acids is 1. The Morgan fingerprint density at radius 1 is 1.00 bits per heavy atom. The van der Waals surface area contributed by atoms with Crippen LogP contribution in [0.4, 0.5) is 26.3 Å². The topological polar surface area (TPSA) is 20.3 Å². The molecule has 0 heterocycles. The fourth-order valence-electron chi connectivity index (χ4n) is 1.44. The molecule has 0 aliphatic carbocycles. The summed E-state index contributed by atoms with van der Waals surface area (Å²) in [6, 6.07) is 0.830. The molecule has 1 amide bonds. The van der Waals surface area contributed by atoms with Crippen molar-refractivity contribution in [3.05, 3.63) is 34.9 Å². The minimum Gasteiger partial charge on any atom is -0.342 e. The largest absolute Gasteiger partial charge is 0.416 e. The van der Waals surface area contributed by atoms with Crippen LogP contribution in [0.3, 0.4) is 0 Å². The van der Waals surface area contributed by atoms with Crippen molar-refractivity contribution in [1.29, 1.82) is 0 Å². The Hall–Kier alpha value is -1.73. The van der Waals surface area contributed by atoms with Crippen LogP contribution in [0.5, 0.6) is 0 Å². The molecule has 0 aliphatic rings. The molecule has 0 saturated heterocycles. The van der Waals surface area contributed by atoms with Crippen molar-refractivity contribution < 1.29 is 31.1 Å². The highest BCUT2D eigenvalue weighted by Crippen LogP contribution is 2.36. The van der Waals surface area contributed by atoms with Gasteiger partial charge in [0.1, 0.15) is 0 Å². The summed E-state index contributed by atoms with van der Waals surface area (Å²) in [5.74, 6) is -0.899. The number of amides is 1. The van der Waals surface area contributed by atoms with Crippen molar-refractivity contribution in [1.82, 2.24) is 4.90 Å². The summed E-state index contributed by atoms with van der Waals surface area (Å²) >= 11 is 0. The molecule has 20 heavy (non-hydrogen) atoms. The maximum atomic E-state index is 12.6. The number of hydrogen-bond acceptors (Lipinski definition) is 1. The Bertz CT molecular complexity index is 473. The second-order valence-electron chi connectivity index (χ2n) is 4.11. The van der Waals surface area contributed by atoms with E-state index in [0.717, 1.165) is 4.90 Å². The monoisotopic (exact) mass is 299 g/mol. The summed E-state index contributed by atoms with van der Waals surface area (Å²) < 4.78 is 75.5. The highest BCUT2D eigenvalue weighted by Gasteiger charge is 2.37. The van der Waals surface area contributed by atoms with E-state index in [2.05, 4.69) is 0 Å². The summed E-state index contributed by atoms with van der Waals surface area (Å²) in [7, 11) is 1.29. The van der Waals surface area contributed by atoms with E-state index in [1.807, 2.05) is 0 Å². The molecule has 0 radical (unpaired) electrons. The van der Waals surface area contributed by atoms with Gasteiger partial charge in [0.15, 0.2) is 0 Å². The van der Waals surface area contributed by atoms with Crippen LogP contribution in [0.25, 0.3) is 0 Å². The van der Waals surface area contributed by atoms with E-state index >= 15 is 0 Å². The first-order valence-electron chi connectivity index (χ1n) is 5.51. The number of halogens is 6. The number of alkyl halides is 6. The molecule has 0 atom stereocenters. The maximum Gasteiger partial charge on any atom is 0.416 e. The minimum atomic E-state index is -4.96. The first-order chi connectivity index (χ1) is 8.96. The summed E-state index contributed by atoms with van der Waals surface area (Å²) in [6.07, 6.45) is -9.91. The smallest absolute Gasteiger partial charge is 0.342 e. The third-order valence-electron chi connectivity index (χ3n) is 2.66. The van der Waals surface area contributed by atoms with Gasteiger partial charge in [-0.05, 0) is 25.1 Å². The number of rotatable bonds is 2. The van der Waals surface area contributed by atoms with Crippen LogP contribution < -0.4 is 0 Å². The third kappa shape index (κ3) is 3.64. The lowest BCUT2D eigenvalue weighted by Crippen LogP contribution is -2.27. The van der Waals surface area contributed by atoms with Crippen LogP contribution in [0.1, 0.15) is 28.4 Å². The standard InChI is InChI=1S/C12H11F6NO/c1-3-19(2)10(20)7-4-8(11(13,14)15)6-9(5-7)12(16,17)18/h4-6H,3H2,1-2H3. The Morgan fingerprint density at radius 3 is 1.70 bits per heavy atom. The highest BCUT2D eigenvalue weighted by molar-refractivity contribution is 5.94. The van der Waals surface area contributed by atoms with E-state index < -0.39 is 35.0 Å². The Kier molecular flexibility index (Phi) is 4.36. The van der Waals surface area contributed by atoms with Gasteiger partial charge in [0.2, 0.25) is 0 Å². The predicted molar refractivity (Wildman–Crippen MR) is 59.1 cm³/mol. The molecule has 0 fully saturated rings. The lowest BCUT2D eigenvalue weighted by molar-refractivity contribution is -0.143. The Balaban J connectivity index is 3.42. The van der Waals surface area contributed by atoms with Gasteiger partial charge < -0.3 is 4.90 Å². The molecule has 2 nitrogen and oxygen atoms in total. The van der Waals surface area contributed by atoms with Gasteiger partial charge >= 0.3 is 12.4 Å². The molecule has 0 aliphatic heterocycles. The fourth-order valence-corrected chi connectivity index (χ4v) is 1.44. The summed E-state index contributed by atoms with van der Waals surface area (Å²) in [4.78, 5) is 12.7. The molecule has 1 aromatic carbocycles. The molecule has 0 saturated carbocycles. The summed E-state index contributed by atoms with van der Waals surface area (Å²) in [5.41, 5.74) is -3.64. The SMILES string of the molecule is CCN(C)C(=O)c1cc(C(F)(F)F)cc(C(F)(F)F)c1. The van der Waals surface area contributed by atoms with Crippen molar-refractivity contribution in [2.45, 2.75) is 19.3 Å². The molecular weight excluding hydrogens is 288 g/mol. The molecule has 0 spiro atoms. The highest BCUT2D eigenvalue weighted by atomic mass is 19.4. The van der Waals surface area contributed by atoms with Gasteiger partial charge in [0, 0.05) is 19.2 Å². The van der Waals surface area contributed by atoms with Crippen molar-refractivity contribution in [3.63, 3.8) is 0 Å². The van der Waals surface area contributed by atoms with E-state index in [4.69, 9.17) is 0 Å². The maximum absolute atomic E-state index is 12.6. The van der Waals surface area contributed by atoms with Crippen molar-refractivity contribution in [3.8, 4) is 0 Å². The number of nitrogens with zero attached hydrogens (tertiary/aromatic N) is 1. The molecule has 1 rings (SSSR count). The molecule has 112 valence electrons. The first-order valence-corrected chi connectivity index (χ1v) is 5.51. The van der Waals surface area contributed by atoms with Gasteiger partial charge in [-0.2, -0.15) is 26.3 Å². The van der Waals surface area contributed by atoms with Gasteiger partial charge in [-0.1, -0.05) is 0 Å². The Morgan fingerprint density at radius 2 is 1.40 bits per heavy atom. The number of benzene rings is 1. The zero-order valence-corrected chi connectivity index (χ0v) is 10.6. The zero-order valence-electron chi connectivity index (χ0n) is 10.6. The molecule has 1 aromatic rings. The van der Waals surface area contributed by atoms with Gasteiger partial charge in [0.05, 0.1) is 11.1 Å². The summed E-state index contributed by atoms with van der Waals surface area (Å²) in [5, 5.41) is 0. The zero-order chi connectivity index (χ0) is 15.7. The van der Waals surface area contributed by atoms with E-state index in [1.54, 1.807) is 6.92 Å². The molecule has 0 N–H and O–H groups in total. The lowest BCUT2D eigenvalue weighted by atomic mass is 10.0. The molecule has 8 heteroatoms. The Labute approximate surface area is 111 Å². The molecule has 0 bridgehead atoms. The van der Waals surface area contributed by atoms with Crippen LogP contribution in [-0.2, 0) is 12.4 Å². The predicted octanol–water partition coefficient (Wildman–Crippen LogP) is 3.82. The quantitative estimate of drug-likeness (QED) is 0.760. The second kappa shape index (κ2) is 5.34. The van der Waals surface area contributed by atoms with Crippen molar-refractivity contribution in [2.24, 2.45) is 0 Å². The normalized spacial score (nSPS) is 12.4. The van der Waals surface area contributed by atoms with E-state index in [1.165, 1.54) is 7.05 Å². The third-order valence-corrected chi connectivity index (χ3v) is 2.66. The van der Waals surface area contributed by atoms with E-state index in [-0.39, 0.29) is 12.6 Å². The lowest BCUT2D eigenvalue weighted by Gasteiger charge is -2.18. The first kappa shape index (κ1) is 16.3. The van der Waals surface area contributed by atoms with Gasteiger partial charge in [-0.3, -0.25) is 4.79 Å². The van der Waals surface area contributed by atoms with Crippen molar-refractivity contribution in [2.75, 3.05) is 13.6 Å². The van der Waals surface area contributed by atoms with E-state index in [9.17, 15) is 31.1 Å². The van der Waals surface area contributed by atoms with Gasteiger partial charge in [-0.25, -0.2) is 0 Å². The van der Waals surface area contributed by atoms with Crippen LogP contribution in [-0.4, -0.2) is 24.4 Å². The molecular formula is C12H11F6NO. The fraction of sp³-hybridized carbons (Fsp3) is 0.417. The molecule has 0 unspecified atom stereocenters. The van der Waals surface area contributed by atoms with Crippen LogP contribution in [0.2, 0.25) is 0 Å². The average Bonchev–Trinajstić information content (AvgIpc) is 2.34. The summed E-state index contributed by atoms with van der Waals surface area (Å²) in [6.45, 7) is 1.71. The van der Waals surface area contributed by atoms with Crippen molar-refractivity contribution >= 4 is 5.91 Å². The molecule has 0 aromatic heterocycles. The van der Waals surface area contributed by atoms with Crippen LogP contribution in [0.15, 0.2) is 18.2 Å². The van der Waals surface area contributed by atoms with Crippen LogP contribution in [0, 0.1) is 0 Å². The average molecular weight is 299 g/mol. The van der Waals surface area contributed by atoms with Gasteiger partial charge in [0.25, 0.3) is 5.91 Å². The number of carbonyl (C=O) groups is 1. The van der Waals surface area contributed by atoms with Crippen LogP contribution >= 0.6 is 0 Å². The second-order valence-corrected chi connectivity index (χ2v) is 4.11.